The van der Waals surface area contributed by atoms with Crippen LogP contribution in [-0.4, -0.2) is 24.5 Å². The van der Waals surface area contributed by atoms with E-state index in [4.69, 9.17) is 5.73 Å². The molecule has 1 fully saturated rings. The number of nitrogens with one attached hydrogen (secondary N) is 2. The second-order valence-electron chi connectivity index (χ2n) is 3.69. The number of carbonyl (C=O) groups is 2. The summed E-state index contributed by atoms with van der Waals surface area (Å²) >= 11 is 0. The zero-order chi connectivity index (χ0) is 11.5. The maximum atomic E-state index is 11.5. The van der Waals surface area contributed by atoms with E-state index in [0.717, 1.165) is 5.56 Å². The highest BCUT2D eigenvalue weighted by Gasteiger charge is 2.36. The van der Waals surface area contributed by atoms with Gasteiger partial charge in [0.05, 0.1) is 0 Å². The standard InChI is InChI=1S/C11H13N3O2/c12-6-8(7-4-2-1-3-5-7)9-10(15)14-11(16)13-9/h1-5,8-9H,6,12H2,(H2,13,14,15,16). The maximum absolute atomic E-state index is 11.5. The fourth-order valence-electron chi connectivity index (χ4n) is 1.88. The summed E-state index contributed by atoms with van der Waals surface area (Å²) in [5, 5.41) is 4.78. The third-order valence-electron chi connectivity index (χ3n) is 2.69. The number of hydrogen-bond donors (Lipinski definition) is 3. The van der Waals surface area contributed by atoms with Crippen molar-refractivity contribution >= 4 is 11.9 Å². The third-order valence-corrected chi connectivity index (χ3v) is 2.69. The van der Waals surface area contributed by atoms with Gasteiger partial charge in [-0.2, -0.15) is 0 Å². The molecule has 1 aromatic rings. The molecule has 2 atom stereocenters. The van der Waals surface area contributed by atoms with E-state index in [1.165, 1.54) is 0 Å². The minimum atomic E-state index is -0.570. The number of imide groups is 1. The van der Waals surface area contributed by atoms with Gasteiger partial charge in [0.2, 0.25) is 0 Å². The van der Waals surface area contributed by atoms with Gasteiger partial charge in [-0.15, -0.1) is 0 Å². The largest absolute Gasteiger partial charge is 0.330 e. The molecule has 0 aromatic heterocycles. The van der Waals surface area contributed by atoms with Crippen LogP contribution in [0.25, 0.3) is 0 Å². The van der Waals surface area contributed by atoms with Gasteiger partial charge >= 0.3 is 6.03 Å². The minimum Gasteiger partial charge on any atom is -0.330 e. The van der Waals surface area contributed by atoms with Crippen molar-refractivity contribution in [1.29, 1.82) is 0 Å². The number of urea groups is 1. The summed E-state index contributed by atoms with van der Waals surface area (Å²) in [5.41, 5.74) is 6.61. The van der Waals surface area contributed by atoms with E-state index in [9.17, 15) is 9.59 Å². The highest BCUT2D eigenvalue weighted by atomic mass is 16.2. The number of hydrogen-bond acceptors (Lipinski definition) is 3. The van der Waals surface area contributed by atoms with Crippen molar-refractivity contribution < 1.29 is 9.59 Å². The van der Waals surface area contributed by atoms with Crippen molar-refractivity contribution in [3.8, 4) is 0 Å². The summed E-state index contributed by atoms with van der Waals surface area (Å²) in [6.07, 6.45) is 0. The molecule has 5 heteroatoms. The Morgan fingerprint density at radius 1 is 1.25 bits per heavy atom. The summed E-state index contributed by atoms with van der Waals surface area (Å²) in [6, 6.07) is 8.43. The van der Waals surface area contributed by atoms with E-state index in [2.05, 4.69) is 10.6 Å². The number of rotatable bonds is 3. The van der Waals surface area contributed by atoms with Gasteiger partial charge in [-0.25, -0.2) is 4.79 Å². The highest BCUT2D eigenvalue weighted by molar-refractivity contribution is 6.04. The zero-order valence-corrected chi connectivity index (χ0v) is 8.64. The summed E-state index contributed by atoms with van der Waals surface area (Å²) in [5.74, 6) is -0.503. The molecule has 0 bridgehead atoms. The number of amides is 3. The first kappa shape index (κ1) is 10.6. The molecule has 1 aliphatic rings. The van der Waals surface area contributed by atoms with Crippen molar-refractivity contribution in [2.75, 3.05) is 6.54 Å². The average Bonchev–Trinajstić information content (AvgIpc) is 2.61. The highest BCUT2D eigenvalue weighted by Crippen LogP contribution is 2.20. The van der Waals surface area contributed by atoms with Gasteiger partial charge in [-0.1, -0.05) is 30.3 Å². The molecule has 1 saturated heterocycles. The van der Waals surface area contributed by atoms with Crippen molar-refractivity contribution in [1.82, 2.24) is 10.6 Å². The van der Waals surface area contributed by atoms with Gasteiger partial charge < -0.3 is 11.1 Å². The van der Waals surface area contributed by atoms with E-state index in [1.54, 1.807) is 0 Å². The van der Waals surface area contributed by atoms with Crippen LogP contribution in [0.1, 0.15) is 11.5 Å². The Balaban J connectivity index is 2.24. The molecule has 1 aromatic carbocycles. The van der Waals surface area contributed by atoms with Crippen LogP contribution in [0.4, 0.5) is 4.79 Å². The van der Waals surface area contributed by atoms with Gasteiger partial charge in [-0.05, 0) is 5.56 Å². The van der Waals surface area contributed by atoms with Crippen LogP contribution < -0.4 is 16.4 Å². The van der Waals surface area contributed by atoms with Gasteiger partial charge in [0.15, 0.2) is 0 Å². The molecule has 0 spiro atoms. The molecule has 2 rings (SSSR count). The summed E-state index contributed by atoms with van der Waals surface area (Å²) in [7, 11) is 0. The molecule has 0 radical (unpaired) electrons. The summed E-state index contributed by atoms with van der Waals surface area (Å²) < 4.78 is 0. The van der Waals surface area contributed by atoms with Crippen molar-refractivity contribution in [2.45, 2.75) is 12.0 Å². The minimum absolute atomic E-state index is 0.187. The SMILES string of the molecule is NCC(c1ccccc1)C1NC(=O)NC1=O. The molecule has 2 unspecified atom stereocenters. The van der Waals surface area contributed by atoms with Crippen LogP contribution in [-0.2, 0) is 4.79 Å². The monoisotopic (exact) mass is 219 g/mol. The molecule has 5 nitrogen and oxygen atoms in total. The topological polar surface area (TPSA) is 84.2 Å². The van der Waals surface area contributed by atoms with Crippen LogP contribution in [0.5, 0.6) is 0 Å². The quantitative estimate of drug-likeness (QED) is 0.622. The second kappa shape index (κ2) is 4.32. The molecule has 4 N–H and O–H groups in total. The summed E-state index contributed by atoms with van der Waals surface area (Å²) in [4.78, 5) is 22.5. The van der Waals surface area contributed by atoms with Crippen LogP contribution in [0.2, 0.25) is 0 Å². The first-order valence-corrected chi connectivity index (χ1v) is 5.08. The van der Waals surface area contributed by atoms with Crippen molar-refractivity contribution in [2.24, 2.45) is 5.73 Å². The van der Waals surface area contributed by atoms with E-state index < -0.39 is 12.1 Å². The predicted octanol–water partition coefficient (Wildman–Crippen LogP) is -0.0631. The van der Waals surface area contributed by atoms with Gasteiger partial charge in [0, 0.05) is 12.5 Å². The second-order valence-corrected chi connectivity index (χ2v) is 3.69. The Kier molecular flexibility index (Phi) is 2.87. The predicted molar refractivity (Wildman–Crippen MR) is 58.7 cm³/mol. The maximum Gasteiger partial charge on any atom is 0.322 e. The van der Waals surface area contributed by atoms with Crippen LogP contribution in [0.3, 0.4) is 0 Å². The Labute approximate surface area is 93.0 Å². The van der Waals surface area contributed by atoms with Crippen LogP contribution >= 0.6 is 0 Å². The van der Waals surface area contributed by atoms with Crippen molar-refractivity contribution in [3.05, 3.63) is 35.9 Å². The van der Waals surface area contributed by atoms with Crippen molar-refractivity contribution in [3.63, 3.8) is 0 Å². The molecular weight excluding hydrogens is 206 g/mol. The lowest BCUT2D eigenvalue weighted by molar-refractivity contribution is -0.120. The van der Waals surface area contributed by atoms with E-state index in [1.807, 2.05) is 30.3 Å². The lowest BCUT2D eigenvalue weighted by atomic mass is 9.91. The van der Waals surface area contributed by atoms with Crippen LogP contribution in [0.15, 0.2) is 30.3 Å². The zero-order valence-electron chi connectivity index (χ0n) is 8.64. The Morgan fingerprint density at radius 3 is 2.44 bits per heavy atom. The molecule has 84 valence electrons. The molecule has 16 heavy (non-hydrogen) atoms. The Morgan fingerprint density at radius 2 is 1.94 bits per heavy atom. The summed E-state index contributed by atoms with van der Waals surface area (Å²) in [6.45, 7) is 0.308. The fourth-order valence-corrected chi connectivity index (χ4v) is 1.88. The van der Waals surface area contributed by atoms with Gasteiger partial charge in [-0.3, -0.25) is 10.1 Å². The van der Waals surface area contributed by atoms with E-state index >= 15 is 0 Å². The lowest BCUT2D eigenvalue weighted by Crippen LogP contribution is -2.39. The molecule has 1 heterocycles. The Bertz CT molecular complexity index is 405. The normalized spacial score (nSPS) is 21.4. The van der Waals surface area contributed by atoms with Gasteiger partial charge in [0.25, 0.3) is 5.91 Å². The molecule has 0 saturated carbocycles. The number of benzene rings is 1. The molecular formula is C11H13N3O2. The Hall–Kier alpha value is -1.88. The number of carbonyl (C=O) groups excluding carboxylic acids is 2. The molecule has 3 amide bonds. The molecule has 0 aliphatic carbocycles. The smallest absolute Gasteiger partial charge is 0.322 e. The average molecular weight is 219 g/mol. The molecule has 1 aliphatic heterocycles. The first-order chi connectivity index (χ1) is 7.72. The first-order valence-electron chi connectivity index (χ1n) is 5.08. The van der Waals surface area contributed by atoms with E-state index in [0.29, 0.717) is 6.54 Å². The lowest BCUT2D eigenvalue weighted by Gasteiger charge is -2.19. The fraction of sp³-hybridized carbons (Fsp3) is 0.273. The third kappa shape index (κ3) is 1.90. The number of nitrogens with two attached hydrogens (primary N) is 1. The van der Waals surface area contributed by atoms with Crippen LogP contribution in [0, 0.1) is 0 Å². The van der Waals surface area contributed by atoms with Gasteiger partial charge in [0.1, 0.15) is 6.04 Å². The van der Waals surface area contributed by atoms with E-state index in [-0.39, 0.29) is 11.8 Å².